The highest BCUT2D eigenvalue weighted by molar-refractivity contribution is 9.09. The summed E-state index contributed by atoms with van der Waals surface area (Å²) in [4.78, 5) is 25.5. The molecule has 4 saturated carbocycles. The number of alkyl halides is 1. The van der Waals surface area contributed by atoms with E-state index >= 15 is 0 Å². The Morgan fingerprint density at radius 1 is 1.07 bits per heavy atom. The lowest BCUT2D eigenvalue weighted by molar-refractivity contribution is -0.151. The summed E-state index contributed by atoms with van der Waals surface area (Å²) in [6.07, 6.45) is 7.68. The highest BCUT2D eigenvalue weighted by Gasteiger charge is 2.64. The van der Waals surface area contributed by atoms with Crippen LogP contribution in [0.4, 0.5) is 0 Å². The van der Waals surface area contributed by atoms with Crippen molar-refractivity contribution in [2.45, 2.75) is 102 Å². The predicted octanol–water partition coefficient (Wildman–Crippen LogP) is 6.54. The normalized spacial score (nSPS) is 44.4. The summed E-state index contributed by atoms with van der Waals surface area (Å²) in [5.74, 6) is 3.07. The molecular formula is C25H41BrO3Si. The number of ketones is 2. The topological polar surface area (TPSA) is 43.4 Å². The largest absolute Gasteiger partial charge is 0.416 e. The zero-order valence-corrected chi connectivity index (χ0v) is 22.4. The van der Waals surface area contributed by atoms with Crippen LogP contribution in [0.25, 0.3) is 0 Å². The van der Waals surface area contributed by atoms with E-state index in [0.717, 1.165) is 45.1 Å². The highest BCUT2D eigenvalue weighted by atomic mass is 79.9. The monoisotopic (exact) mass is 496 g/mol. The van der Waals surface area contributed by atoms with E-state index in [1.807, 2.05) is 0 Å². The zero-order chi connectivity index (χ0) is 22.1. The minimum atomic E-state index is -1.89. The summed E-state index contributed by atoms with van der Waals surface area (Å²) in [7, 11) is -1.89. The molecule has 0 amide bonds. The Morgan fingerprint density at radius 2 is 1.77 bits per heavy atom. The van der Waals surface area contributed by atoms with Gasteiger partial charge in [0, 0.05) is 41.5 Å². The Balaban J connectivity index is 1.69. The summed E-state index contributed by atoms with van der Waals surface area (Å²) in [6.45, 7) is 14.7. The first-order valence-electron chi connectivity index (χ1n) is 12.2. The second-order valence-electron chi connectivity index (χ2n) is 12.6. The van der Waals surface area contributed by atoms with Crippen LogP contribution >= 0.6 is 15.9 Å². The van der Waals surface area contributed by atoms with Gasteiger partial charge in [0.25, 0.3) is 0 Å². The van der Waals surface area contributed by atoms with Crippen LogP contribution in [-0.2, 0) is 14.0 Å². The molecule has 4 aliphatic carbocycles. The van der Waals surface area contributed by atoms with Gasteiger partial charge in [0.1, 0.15) is 11.6 Å². The molecule has 0 aromatic rings. The van der Waals surface area contributed by atoms with Crippen LogP contribution in [-0.4, -0.2) is 31.3 Å². The third-order valence-corrected chi connectivity index (χ3v) is 16.1. The Kier molecular flexibility index (Phi) is 5.80. The number of Topliss-reactive ketones (excluding diaryl/α,β-unsaturated/α-hetero) is 2. The molecule has 3 nitrogen and oxygen atoms in total. The van der Waals surface area contributed by atoms with Gasteiger partial charge < -0.3 is 4.43 Å². The molecule has 4 rings (SSSR count). The van der Waals surface area contributed by atoms with Gasteiger partial charge in [-0.05, 0) is 73.9 Å². The number of carbonyl (C=O) groups excluding carboxylic acids is 2. The van der Waals surface area contributed by atoms with Crippen molar-refractivity contribution < 1.29 is 14.0 Å². The van der Waals surface area contributed by atoms with Crippen molar-refractivity contribution in [3.8, 4) is 0 Å². The lowest BCUT2D eigenvalue weighted by Gasteiger charge is -2.62. The molecule has 0 saturated heterocycles. The Bertz CT molecular complexity index is 728. The maximum Gasteiger partial charge on any atom is 0.192 e. The minimum Gasteiger partial charge on any atom is -0.416 e. The molecule has 5 heteroatoms. The second kappa shape index (κ2) is 7.51. The van der Waals surface area contributed by atoms with Gasteiger partial charge in [0.2, 0.25) is 0 Å². The van der Waals surface area contributed by atoms with Gasteiger partial charge in [-0.1, -0.05) is 43.6 Å². The molecular weight excluding hydrogens is 456 g/mol. The fourth-order valence-electron chi connectivity index (χ4n) is 7.46. The van der Waals surface area contributed by atoms with Crippen molar-refractivity contribution >= 4 is 35.8 Å². The van der Waals surface area contributed by atoms with Gasteiger partial charge in [-0.25, -0.2) is 0 Å². The lowest BCUT2D eigenvalue weighted by atomic mass is 9.45. The van der Waals surface area contributed by atoms with E-state index < -0.39 is 8.32 Å². The fourth-order valence-corrected chi connectivity index (χ4v) is 9.71. The van der Waals surface area contributed by atoms with E-state index in [1.54, 1.807) is 0 Å². The van der Waals surface area contributed by atoms with Crippen molar-refractivity contribution in [2.75, 3.05) is 6.61 Å². The molecule has 0 bridgehead atoms. The number of hydrogen-bond acceptors (Lipinski definition) is 3. The average Bonchev–Trinajstić information content (AvgIpc) is 2.94. The first-order valence-corrected chi connectivity index (χ1v) is 16.0. The molecule has 0 aromatic carbocycles. The fraction of sp³-hybridized carbons (Fsp3) is 0.920. The van der Waals surface area contributed by atoms with Crippen LogP contribution < -0.4 is 0 Å². The third-order valence-electron chi connectivity index (χ3n) is 10.4. The molecule has 30 heavy (non-hydrogen) atoms. The van der Waals surface area contributed by atoms with E-state index in [2.05, 4.69) is 56.7 Å². The van der Waals surface area contributed by atoms with Gasteiger partial charge in [0.15, 0.2) is 8.32 Å². The van der Waals surface area contributed by atoms with Crippen molar-refractivity contribution in [3.05, 3.63) is 0 Å². The maximum absolute atomic E-state index is 12.8. The van der Waals surface area contributed by atoms with E-state index in [0.29, 0.717) is 41.7 Å². The van der Waals surface area contributed by atoms with Crippen LogP contribution in [0.2, 0.25) is 18.1 Å². The zero-order valence-electron chi connectivity index (χ0n) is 19.9. The van der Waals surface area contributed by atoms with Crippen LogP contribution in [0.5, 0.6) is 0 Å². The summed E-state index contributed by atoms with van der Waals surface area (Å²) >= 11 is 4.05. The molecule has 4 aliphatic rings. The van der Waals surface area contributed by atoms with Gasteiger partial charge in [-0.2, -0.15) is 0 Å². The number of hydrogen-bond donors (Lipinski definition) is 0. The maximum atomic E-state index is 12.8. The quantitative estimate of drug-likeness (QED) is 0.328. The van der Waals surface area contributed by atoms with Gasteiger partial charge >= 0.3 is 0 Å². The molecule has 0 N–H and O–H groups in total. The SMILES string of the molecule is CC(C)(C)[Si](C)(C)OC[C@]12C(Br)CC(=O)C[C@@H]1CC[C@@H]1[C@@H]2CC[C@]2(C)C(=O)CC[C@@H]12. The van der Waals surface area contributed by atoms with Crippen LogP contribution in [0, 0.1) is 34.5 Å². The van der Waals surface area contributed by atoms with Crippen molar-refractivity contribution in [1.82, 2.24) is 0 Å². The van der Waals surface area contributed by atoms with Crippen LogP contribution in [0.1, 0.15) is 79.1 Å². The molecule has 4 fully saturated rings. The Labute approximate surface area is 192 Å². The van der Waals surface area contributed by atoms with Crippen molar-refractivity contribution in [3.63, 3.8) is 0 Å². The first-order chi connectivity index (χ1) is 13.8. The molecule has 0 radical (unpaired) electrons. The first kappa shape index (κ1) is 23.2. The standard InChI is InChI=1S/C25H41BrO3Si/c1-23(2,3)30(5,6)29-15-25-16(13-17(27)14-21(25)26)7-8-18-19-9-10-22(28)24(19,4)12-11-20(18)25/h16,18-21H,7-15H2,1-6H3/t16-,18-,19-,20-,21?,24-,25-/m0/s1. The molecule has 1 unspecified atom stereocenters. The molecule has 0 spiro atoms. The second-order valence-corrected chi connectivity index (χ2v) is 18.6. The third kappa shape index (κ3) is 3.35. The van der Waals surface area contributed by atoms with Crippen LogP contribution in [0.15, 0.2) is 0 Å². The minimum absolute atomic E-state index is 0.0410. The van der Waals surface area contributed by atoms with Crippen molar-refractivity contribution in [2.24, 2.45) is 34.5 Å². The van der Waals surface area contributed by atoms with Gasteiger partial charge in [-0.3, -0.25) is 9.59 Å². The number of rotatable bonds is 3. The Morgan fingerprint density at radius 3 is 2.43 bits per heavy atom. The number of halogens is 1. The molecule has 0 aliphatic heterocycles. The number of carbonyl (C=O) groups is 2. The van der Waals surface area contributed by atoms with E-state index in [1.165, 1.54) is 6.42 Å². The van der Waals surface area contributed by atoms with E-state index in [4.69, 9.17) is 4.43 Å². The molecule has 170 valence electrons. The van der Waals surface area contributed by atoms with Gasteiger partial charge in [0.05, 0.1) is 0 Å². The van der Waals surface area contributed by atoms with Crippen molar-refractivity contribution in [1.29, 1.82) is 0 Å². The average molecular weight is 498 g/mol. The highest BCUT2D eigenvalue weighted by Crippen LogP contribution is 2.66. The molecule has 0 heterocycles. The number of fused-ring (bicyclic) bond motifs is 5. The van der Waals surface area contributed by atoms with Crippen LogP contribution in [0.3, 0.4) is 0 Å². The molecule has 7 atom stereocenters. The summed E-state index contributed by atoms with van der Waals surface area (Å²) in [5, 5.41) is 0.183. The summed E-state index contributed by atoms with van der Waals surface area (Å²) < 4.78 is 6.94. The molecule has 0 aromatic heterocycles. The van der Waals surface area contributed by atoms with E-state index in [9.17, 15) is 9.59 Å². The lowest BCUT2D eigenvalue weighted by Crippen LogP contribution is -2.61. The Hall–Kier alpha value is -0.00312. The summed E-state index contributed by atoms with van der Waals surface area (Å²) in [5.41, 5.74) is -0.0545. The predicted molar refractivity (Wildman–Crippen MR) is 127 cm³/mol. The van der Waals surface area contributed by atoms with Gasteiger partial charge in [-0.15, -0.1) is 0 Å². The van der Waals surface area contributed by atoms with E-state index in [-0.39, 0.29) is 20.7 Å². The smallest absolute Gasteiger partial charge is 0.192 e. The summed E-state index contributed by atoms with van der Waals surface area (Å²) in [6, 6.07) is 0.